The third-order valence-electron chi connectivity index (χ3n) is 4.53. The average molecular weight is 408 g/mol. The van der Waals surface area contributed by atoms with Gasteiger partial charge >= 0.3 is 0 Å². The van der Waals surface area contributed by atoms with Crippen molar-refractivity contribution in [1.29, 1.82) is 0 Å². The van der Waals surface area contributed by atoms with Crippen molar-refractivity contribution in [2.75, 3.05) is 0 Å². The summed E-state index contributed by atoms with van der Waals surface area (Å²) in [7, 11) is 0. The maximum Gasteiger partial charge on any atom is 0.270 e. The Morgan fingerprint density at radius 3 is 2.24 bits per heavy atom. The average Bonchev–Trinajstić information content (AvgIpc) is 3.01. The fourth-order valence-corrected chi connectivity index (χ4v) is 3.29. The van der Waals surface area contributed by atoms with Crippen LogP contribution in [0.25, 0.3) is 11.0 Å². The second-order valence-corrected chi connectivity index (χ2v) is 7.07. The van der Waals surface area contributed by atoms with Gasteiger partial charge in [-0.25, -0.2) is 22.8 Å². The molecular weight excluding hydrogens is 381 g/mol. The molecule has 1 N–H and O–H groups in total. The van der Waals surface area contributed by atoms with Crippen molar-refractivity contribution in [1.82, 2.24) is 19.7 Å². The molecule has 0 amide bonds. The van der Waals surface area contributed by atoms with Gasteiger partial charge in [-0.05, 0) is 18.4 Å². The lowest BCUT2D eigenvalue weighted by Gasteiger charge is -2.23. The zero-order chi connectivity index (χ0) is 21.9. The minimum absolute atomic E-state index is 0.00468. The number of nitrogens with one attached hydrogen (secondary N) is 1. The Bertz CT molecular complexity index is 1020. The third kappa shape index (κ3) is 4.52. The quantitative estimate of drug-likeness (QED) is 0.625. The van der Waals surface area contributed by atoms with Crippen LogP contribution >= 0.6 is 0 Å². The molecule has 1 aromatic carbocycles. The molecule has 0 bridgehead atoms. The predicted molar refractivity (Wildman–Crippen MR) is 108 cm³/mol. The summed E-state index contributed by atoms with van der Waals surface area (Å²) in [5.74, 6) is -2.55. The number of rotatable bonds is 5. The second kappa shape index (κ2) is 8.80. The third-order valence-corrected chi connectivity index (χ3v) is 4.53. The fraction of sp³-hybridized carbons (Fsp3) is 0.476. The standard InChI is InChI=1S/C19H21F3N4O.C2H6/c1-10(2)16(12-5-7-13(8-6-12)19(4,21)22)26-17-15(14(9-20)25-26)18(27)24-11(3)23-17;1-2/h5-8,10,16H,9H2,1-4H3,(H,23,24,27);1-2H3. The number of halogens is 3. The Hall–Kier alpha value is -2.64. The van der Waals surface area contributed by atoms with Crippen molar-refractivity contribution in [3.63, 3.8) is 0 Å². The molecule has 1 atom stereocenters. The van der Waals surface area contributed by atoms with Gasteiger partial charge in [0.05, 0.1) is 6.04 Å². The lowest BCUT2D eigenvalue weighted by Crippen LogP contribution is -2.20. The molecule has 2 aromatic heterocycles. The zero-order valence-corrected chi connectivity index (χ0v) is 17.6. The summed E-state index contributed by atoms with van der Waals surface area (Å²) in [6, 6.07) is 5.58. The number of nitrogens with zero attached hydrogens (tertiary/aromatic N) is 3. The molecule has 0 aliphatic carbocycles. The van der Waals surface area contributed by atoms with E-state index in [2.05, 4.69) is 15.1 Å². The van der Waals surface area contributed by atoms with Crippen LogP contribution in [-0.2, 0) is 12.6 Å². The van der Waals surface area contributed by atoms with E-state index in [0.717, 1.165) is 12.5 Å². The summed E-state index contributed by atoms with van der Waals surface area (Å²) in [6.45, 7) is 9.46. The van der Waals surface area contributed by atoms with Crippen molar-refractivity contribution in [2.24, 2.45) is 5.92 Å². The predicted octanol–water partition coefficient (Wildman–Crippen LogP) is 5.28. The number of benzene rings is 1. The van der Waals surface area contributed by atoms with Crippen LogP contribution in [0.1, 0.15) is 63.3 Å². The van der Waals surface area contributed by atoms with Crippen LogP contribution < -0.4 is 5.56 Å². The van der Waals surface area contributed by atoms with Gasteiger partial charge in [0.2, 0.25) is 0 Å². The largest absolute Gasteiger partial charge is 0.310 e. The Kier molecular flexibility index (Phi) is 6.87. The summed E-state index contributed by atoms with van der Waals surface area (Å²) >= 11 is 0. The first-order valence-electron chi connectivity index (χ1n) is 9.65. The van der Waals surface area contributed by atoms with Crippen LogP contribution in [0.4, 0.5) is 13.2 Å². The van der Waals surface area contributed by atoms with E-state index in [9.17, 15) is 18.0 Å². The number of hydrogen-bond acceptors (Lipinski definition) is 3. The van der Waals surface area contributed by atoms with E-state index >= 15 is 0 Å². The van der Waals surface area contributed by atoms with Gasteiger partial charge < -0.3 is 4.98 Å². The number of aryl methyl sites for hydroxylation is 1. The molecule has 0 fully saturated rings. The van der Waals surface area contributed by atoms with Crippen molar-refractivity contribution in [2.45, 2.75) is 60.2 Å². The first-order chi connectivity index (χ1) is 13.6. The van der Waals surface area contributed by atoms with Crippen molar-refractivity contribution in [3.8, 4) is 0 Å². The first-order valence-corrected chi connectivity index (χ1v) is 9.65. The number of fused-ring (bicyclic) bond motifs is 1. The lowest BCUT2D eigenvalue weighted by atomic mass is 9.94. The lowest BCUT2D eigenvalue weighted by molar-refractivity contribution is 0.0174. The Labute approximate surface area is 168 Å². The zero-order valence-electron chi connectivity index (χ0n) is 17.6. The number of aromatic amines is 1. The molecule has 1 unspecified atom stereocenters. The molecule has 0 aliphatic heterocycles. The highest BCUT2D eigenvalue weighted by molar-refractivity contribution is 5.77. The molecule has 5 nitrogen and oxygen atoms in total. The summed E-state index contributed by atoms with van der Waals surface area (Å²) in [4.78, 5) is 19.2. The van der Waals surface area contributed by atoms with Crippen LogP contribution in [0, 0.1) is 12.8 Å². The topological polar surface area (TPSA) is 63.6 Å². The summed E-state index contributed by atoms with van der Waals surface area (Å²) < 4.78 is 42.0. The van der Waals surface area contributed by atoms with E-state index < -0.39 is 18.2 Å². The van der Waals surface area contributed by atoms with Gasteiger partial charge in [0.1, 0.15) is 23.6 Å². The van der Waals surface area contributed by atoms with E-state index in [1.807, 2.05) is 27.7 Å². The number of H-pyrrole nitrogens is 1. The number of aromatic nitrogens is 4. The molecule has 0 aliphatic rings. The fourth-order valence-electron chi connectivity index (χ4n) is 3.29. The maximum atomic E-state index is 13.5. The molecule has 8 heteroatoms. The monoisotopic (exact) mass is 408 g/mol. The number of alkyl halides is 3. The normalized spacial score (nSPS) is 12.8. The van der Waals surface area contributed by atoms with E-state index in [1.54, 1.807) is 19.1 Å². The van der Waals surface area contributed by atoms with Gasteiger partial charge in [-0.3, -0.25) is 4.79 Å². The molecule has 3 aromatic rings. The number of hydrogen-bond donors (Lipinski definition) is 1. The second-order valence-electron chi connectivity index (χ2n) is 7.07. The molecular formula is C21H27F3N4O. The van der Waals surface area contributed by atoms with Gasteiger partial charge in [-0.15, -0.1) is 0 Å². The molecule has 0 saturated carbocycles. The van der Waals surface area contributed by atoms with Crippen LogP contribution in [0.3, 0.4) is 0 Å². The Morgan fingerprint density at radius 2 is 1.76 bits per heavy atom. The highest BCUT2D eigenvalue weighted by Crippen LogP contribution is 2.32. The highest BCUT2D eigenvalue weighted by atomic mass is 19.3. The molecule has 2 heterocycles. The van der Waals surface area contributed by atoms with Crippen molar-refractivity contribution >= 4 is 11.0 Å². The Morgan fingerprint density at radius 1 is 1.17 bits per heavy atom. The van der Waals surface area contributed by atoms with E-state index in [-0.39, 0.29) is 34.3 Å². The highest BCUT2D eigenvalue weighted by Gasteiger charge is 2.27. The van der Waals surface area contributed by atoms with E-state index in [0.29, 0.717) is 5.82 Å². The first kappa shape index (κ1) is 22.6. The molecule has 158 valence electrons. The van der Waals surface area contributed by atoms with Gasteiger partial charge in [-0.1, -0.05) is 52.0 Å². The van der Waals surface area contributed by atoms with Crippen molar-refractivity contribution < 1.29 is 13.2 Å². The van der Waals surface area contributed by atoms with Crippen LogP contribution in [0.15, 0.2) is 29.1 Å². The van der Waals surface area contributed by atoms with Crippen molar-refractivity contribution in [3.05, 3.63) is 57.3 Å². The van der Waals surface area contributed by atoms with Gasteiger partial charge in [-0.2, -0.15) is 5.10 Å². The minimum Gasteiger partial charge on any atom is -0.310 e. The van der Waals surface area contributed by atoms with Crippen LogP contribution in [-0.4, -0.2) is 19.7 Å². The molecule has 3 rings (SSSR count). The smallest absolute Gasteiger partial charge is 0.270 e. The molecule has 0 spiro atoms. The maximum absolute atomic E-state index is 13.5. The van der Waals surface area contributed by atoms with Gasteiger partial charge in [0, 0.05) is 12.5 Å². The summed E-state index contributed by atoms with van der Waals surface area (Å²) in [5.41, 5.74) is 0.495. The minimum atomic E-state index is -2.93. The van der Waals surface area contributed by atoms with Gasteiger partial charge in [0.25, 0.3) is 11.5 Å². The molecule has 0 radical (unpaired) electrons. The van der Waals surface area contributed by atoms with Gasteiger partial charge in [0.15, 0.2) is 5.65 Å². The molecule has 0 saturated heterocycles. The Balaban J connectivity index is 0.00000145. The SMILES string of the molecule is CC.Cc1nc2c(c(CF)nn2C(c2ccc(C(C)(F)F)cc2)C(C)C)c(=O)[nH]1. The summed E-state index contributed by atoms with van der Waals surface area (Å²) in [6.07, 6.45) is 0. The van der Waals surface area contributed by atoms with Crippen LogP contribution in [0.2, 0.25) is 0 Å². The van der Waals surface area contributed by atoms with Crippen LogP contribution in [0.5, 0.6) is 0 Å². The van der Waals surface area contributed by atoms with E-state index in [4.69, 9.17) is 0 Å². The molecule has 29 heavy (non-hydrogen) atoms. The summed E-state index contributed by atoms with van der Waals surface area (Å²) in [5, 5.41) is 4.41. The van der Waals surface area contributed by atoms with E-state index in [1.165, 1.54) is 16.8 Å².